The van der Waals surface area contributed by atoms with E-state index in [1.54, 1.807) is 33.7 Å². The molecule has 130 valence electrons. The first-order chi connectivity index (χ1) is 12.0. The second-order valence-electron chi connectivity index (χ2n) is 6.80. The second-order valence-corrected chi connectivity index (χ2v) is 6.80. The van der Waals surface area contributed by atoms with E-state index in [4.69, 9.17) is 4.74 Å². The van der Waals surface area contributed by atoms with Crippen LogP contribution in [0.5, 0.6) is 0 Å². The van der Waals surface area contributed by atoms with Crippen molar-refractivity contribution in [1.29, 1.82) is 0 Å². The lowest BCUT2D eigenvalue weighted by Crippen LogP contribution is -2.40. The Morgan fingerprint density at radius 3 is 2.76 bits per heavy atom. The third-order valence-corrected chi connectivity index (χ3v) is 5.00. The molecule has 1 spiro atoms. The molecule has 2 aliphatic heterocycles. The number of para-hydroxylation sites is 1. The number of fused-ring (bicyclic) bond motifs is 1. The van der Waals surface area contributed by atoms with Gasteiger partial charge in [-0.05, 0) is 12.1 Å². The lowest BCUT2D eigenvalue weighted by Gasteiger charge is -2.22. The minimum absolute atomic E-state index is 0.0451. The Morgan fingerprint density at radius 2 is 2.00 bits per heavy atom. The molecule has 0 bridgehead atoms. The van der Waals surface area contributed by atoms with Crippen LogP contribution in [0.15, 0.2) is 41.3 Å². The fourth-order valence-electron chi connectivity index (χ4n) is 3.71. The summed E-state index contributed by atoms with van der Waals surface area (Å²) in [7, 11) is 1.70. The number of rotatable bonds is 2. The van der Waals surface area contributed by atoms with Crippen molar-refractivity contribution in [2.24, 2.45) is 0 Å². The predicted octanol–water partition coefficient (Wildman–Crippen LogP) is 1.05. The Hall–Kier alpha value is -2.83. The van der Waals surface area contributed by atoms with Crippen LogP contribution < -0.4 is 5.43 Å². The summed E-state index contributed by atoms with van der Waals surface area (Å²) in [6.45, 7) is 1.65. The minimum atomic E-state index is -0.576. The van der Waals surface area contributed by atoms with E-state index < -0.39 is 5.60 Å². The van der Waals surface area contributed by atoms with Gasteiger partial charge in [-0.15, -0.1) is 0 Å². The number of carbonyl (C=O) groups excluding carboxylic acids is 2. The molecule has 2 saturated heterocycles. The molecule has 0 saturated carbocycles. The number of nitrogens with zero attached hydrogens (tertiary/aromatic N) is 3. The number of carbonyl (C=O) groups is 2. The smallest absolute Gasteiger partial charge is 0.410 e. The molecule has 7 heteroatoms. The van der Waals surface area contributed by atoms with Crippen LogP contribution in [0.2, 0.25) is 0 Å². The van der Waals surface area contributed by atoms with Gasteiger partial charge in [0.25, 0.3) is 0 Å². The maximum Gasteiger partial charge on any atom is 0.410 e. The van der Waals surface area contributed by atoms with Crippen LogP contribution in [-0.4, -0.2) is 58.7 Å². The fourth-order valence-corrected chi connectivity index (χ4v) is 3.71. The molecule has 1 aromatic heterocycles. The van der Waals surface area contributed by atoms with E-state index >= 15 is 0 Å². The summed E-state index contributed by atoms with van der Waals surface area (Å²) in [5.74, 6) is -0.0451. The van der Waals surface area contributed by atoms with Crippen LogP contribution in [0.25, 0.3) is 10.9 Å². The zero-order valence-electron chi connectivity index (χ0n) is 14.0. The fraction of sp³-hybridized carbons (Fsp3) is 0.389. The average Bonchev–Trinajstić information content (AvgIpc) is 3.13. The summed E-state index contributed by atoms with van der Waals surface area (Å²) in [5.41, 5.74) is 0.109. The summed E-state index contributed by atoms with van der Waals surface area (Å²) in [5, 5.41) is 0.599. The number of aromatic nitrogens is 1. The van der Waals surface area contributed by atoms with Gasteiger partial charge in [0.05, 0.1) is 18.6 Å². The Morgan fingerprint density at radius 1 is 1.20 bits per heavy atom. The standard InChI is InChI=1S/C18H19N3O4/c1-19-11-18(25-17(19)24)7-9-21(12-18)16(23)10-20-8-6-15(22)13-4-2-3-5-14(13)20/h2-6,8H,7,9-12H2,1H3/t18-/m1/s1. The van der Waals surface area contributed by atoms with Gasteiger partial charge in [-0.3, -0.25) is 9.59 Å². The summed E-state index contributed by atoms with van der Waals surface area (Å²) in [6.07, 6.45) is 1.97. The molecular formula is C18H19N3O4. The Balaban J connectivity index is 1.53. The van der Waals surface area contributed by atoms with Gasteiger partial charge in [-0.2, -0.15) is 0 Å². The minimum Gasteiger partial charge on any atom is -0.439 e. The number of likely N-dealkylation sites (N-methyl/N-ethyl adjacent to an activating group) is 1. The molecule has 2 fully saturated rings. The van der Waals surface area contributed by atoms with E-state index in [0.717, 1.165) is 5.52 Å². The summed E-state index contributed by atoms with van der Waals surface area (Å²) in [4.78, 5) is 39.6. The number of hydrogen-bond acceptors (Lipinski definition) is 4. The lowest BCUT2D eigenvalue weighted by atomic mass is 10.0. The molecule has 1 atom stereocenters. The average molecular weight is 341 g/mol. The van der Waals surface area contributed by atoms with Crippen molar-refractivity contribution in [1.82, 2.24) is 14.4 Å². The molecule has 2 aliphatic rings. The molecule has 0 radical (unpaired) electrons. The van der Waals surface area contributed by atoms with E-state index in [-0.39, 0.29) is 24.0 Å². The van der Waals surface area contributed by atoms with Crippen LogP contribution in [0.4, 0.5) is 4.79 Å². The van der Waals surface area contributed by atoms with Gasteiger partial charge in [0.1, 0.15) is 6.54 Å². The Kier molecular flexibility index (Phi) is 3.52. The summed E-state index contributed by atoms with van der Waals surface area (Å²) in [6, 6.07) is 8.74. The molecule has 3 heterocycles. The van der Waals surface area contributed by atoms with Crippen LogP contribution in [0.1, 0.15) is 6.42 Å². The van der Waals surface area contributed by atoms with Crippen molar-refractivity contribution in [3.63, 3.8) is 0 Å². The normalized spacial score (nSPS) is 22.8. The van der Waals surface area contributed by atoms with Gasteiger partial charge in [-0.1, -0.05) is 12.1 Å². The molecule has 0 N–H and O–H groups in total. The highest BCUT2D eigenvalue weighted by Crippen LogP contribution is 2.31. The van der Waals surface area contributed by atoms with E-state index in [1.807, 2.05) is 18.2 Å². The highest BCUT2D eigenvalue weighted by molar-refractivity contribution is 5.82. The zero-order chi connectivity index (χ0) is 17.6. The van der Waals surface area contributed by atoms with Gasteiger partial charge in [0, 0.05) is 37.7 Å². The van der Waals surface area contributed by atoms with Crippen LogP contribution in [-0.2, 0) is 16.1 Å². The molecule has 0 unspecified atom stereocenters. The molecule has 1 aromatic carbocycles. The maximum atomic E-state index is 12.7. The number of pyridine rings is 1. The summed E-state index contributed by atoms with van der Waals surface area (Å²) < 4.78 is 7.27. The van der Waals surface area contributed by atoms with Gasteiger partial charge in [0.15, 0.2) is 11.0 Å². The lowest BCUT2D eigenvalue weighted by molar-refractivity contribution is -0.131. The van der Waals surface area contributed by atoms with Gasteiger partial charge >= 0.3 is 6.09 Å². The first-order valence-corrected chi connectivity index (χ1v) is 8.28. The molecule has 2 amide bonds. The van der Waals surface area contributed by atoms with Crippen molar-refractivity contribution in [2.75, 3.05) is 26.7 Å². The molecule has 2 aromatic rings. The van der Waals surface area contributed by atoms with E-state index in [2.05, 4.69) is 0 Å². The first-order valence-electron chi connectivity index (χ1n) is 8.28. The van der Waals surface area contributed by atoms with Crippen molar-refractivity contribution < 1.29 is 14.3 Å². The SMILES string of the molecule is CN1C[C@@]2(CCN(C(=O)Cn3ccc(=O)c4ccccc43)C2)OC1=O. The topological polar surface area (TPSA) is 71.8 Å². The summed E-state index contributed by atoms with van der Waals surface area (Å²) >= 11 is 0. The van der Waals surface area contributed by atoms with E-state index in [0.29, 0.717) is 31.4 Å². The van der Waals surface area contributed by atoms with E-state index in [1.165, 1.54) is 6.07 Å². The maximum absolute atomic E-state index is 12.7. The molecular weight excluding hydrogens is 322 g/mol. The van der Waals surface area contributed by atoms with Gasteiger partial charge in [0.2, 0.25) is 5.91 Å². The monoisotopic (exact) mass is 341 g/mol. The third kappa shape index (κ3) is 2.65. The highest BCUT2D eigenvalue weighted by Gasteiger charge is 2.49. The van der Waals surface area contributed by atoms with Crippen LogP contribution in [0, 0.1) is 0 Å². The van der Waals surface area contributed by atoms with Gasteiger partial charge in [-0.25, -0.2) is 4.79 Å². The van der Waals surface area contributed by atoms with Crippen LogP contribution >= 0.6 is 0 Å². The van der Waals surface area contributed by atoms with Crippen LogP contribution in [0.3, 0.4) is 0 Å². The number of ether oxygens (including phenoxy) is 1. The molecule has 25 heavy (non-hydrogen) atoms. The third-order valence-electron chi connectivity index (χ3n) is 5.00. The van der Waals surface area contributed by atoms with E-state index in [9.17, 15) is 14.4 Å². The quantitative estimate of drug-likeness (QED) is 0.819. The Bertz CT molecular complexity index is 922. The number of benzene rings is 1. The molecule has 7 nitrogen and oxygen atoms in total. The number of hydrogen-bond donors (Lipinski definition) is 0. The largest absolute Gasteiger partial charge is 0.439 e. The van der Waals surface area contributed by atoms with Crippen molar-refractivity contribution in [3.8, 4) is 0 Å². The highest BCUT2D eigenvalue weighted by atomic mass is 16.6. The van der Waals surface area contributed by atoms with Crippen molar-refractivity contribution >= 4 is 22.9 Å². The molecule has 0 aliphatic carbocycles. The molecule has 4 rings (SSSR count). The first kappa shape index (κ1) is 15.7. The zero-order valence-corrected chi connectivity index (χ0v) is 14.0. The van der Waals surface area contributed by atoms with Gasteiger partial charge < -0.3 is 19.1 Å². The second kappa shape index (κ2) is 5.61. The predicted molar refractivity (Wildman–Crippen MR) is 91.2 cm³/mol. The Labute approximate surface area is 144 Å². The number of amides is 2. The van der Waals surface area contributed by atoms with Crippen molar-refractivity contribution in [3.05, 3.63) is 46.8 Å². The van der Waals surface area contributed by atoms with Crippen molar-refractivity contribution in [2.45, 2.75) is 18.6 Å². The number of likely N-dealkylation sites (tertiary alicyclic amines) is 1.